The maximum atomic E-state index is 9.12. The van der Waals surface area contributed by atoms with Crippen molar-refractivity contribution >= 4 is 12.7 Å². The van der Waals surface area contributed by atoms with Gasteiger partial charge in [0.05, 0.1) is 0 Å². The van der Waals surface area contributed by atoms with Crippen LogP contribution < -0.4 is 10.6 Å². The van der Waals surface area contributed by atoms with Crippen molar-refractivity contribution in [2.24, 2.45) is 0 Å². The molecule has 1 heterocycles. The van der Waals surface area contributed by atoms with Gasteiger partial charge in [-0.1, -0.05) is 6.58 Å². The first-order chi connectivity index (χ1) is 5.24. The molecule has 0 fully saturated rings. The van der Waals surface area contributed by atoms with Gasteiger partial charge in [-0.25, -0.2) is 0 Å². The minimum atomic E-state index is 0.259. The van der Waals surface area contributed by atoms with E-state index < -0.39 is 0 Å². The third kappa shape index (κ3) is 1.74. The molecule has 0 radical (unpaired) electrons. The molecule has 0 aliphatic heterocycles. The van der Waals surface area contributed by atoms with E-state index in [4.69, 9.17) is 5.11 Å². The number of aromatic amines is 1. The maximum absolute atomic E-state index is 9.12. The van der Waals surface area contributed by atoms with Crippen molar-refractivity contribution in [2.75, 3.05) is 0 Å². The molecule has 0 saturated heterocycles. The lowest BCUT2D eigenvalue weighted by molar-refractivity contribution is 0.440. The van der Waals surface area contributed by atoms with Crippen LogP contribution in [0, 0.1) is 0 Å². The van der Waals surface area contributed by atoms with E-state index in [0.29, 0.717) is 0 Å². The lowest BCUT2D eigenvalue weighted by atomic mass is 10.3. The minimum Gasteiger partial charge on any atom is -0.508 e. The van der Waals surface area contributed by atoms with Crippen molar-refractivity contribution in [1.82, 2.24) is 4.98 Å². The molecule has 1 aromatic rings. The van der Waals surface area contributed by atoms with E-state index in [1.54, 1.807) is 25.3 Å². The van der Waals surface area contributed by atoms with Crippen LogP contribution in [0.25, 0.3) is 12.7 Å². The second kappa shape index (κ2) is 3.10. The van der Waals surface area contributed by atoms with Gasteiger partial charge in [-0.15, -0.1) is 0 Å². The molecule has 0 aliphatic rings. The van der Waals surface area contributed by atoms with E-state index in [2.05, 4.69) is 11.6 Å². The predicted molar refractivity (Wildman–Crippen MR) is 46.4 cm³/mol. The second-order valence-electron chi connectivity index (χ2n) is 2.27. The second-order valence-corrected chi connectivity index (χ2v) is 2.27. The number of rotatable bonds is 1. The Hall–Kier alpha value is -1.44. The largest absolute Gasteiger partial charge is 0.508 e. The Labute approximate surface area is 65.2 Å². The molecule has 0 atom stereocenters. The highest BCUT2D eigenvalue weighted by Gasteiger charge is 1.84. The summed E-state index contributed by atoms with van der Waals surface area (Å²) in [7, 11) is 0. The first-order valence-electron chi connectivity index (χ1n) is 3.43. The number of allylic oxidation sites excluding steroid dienone is 2. The normalized spacial score (nSPS) is 13.9. The molecule has 11 heavy (non-hydrogen) atoms. The molecule has 2 heteroatoms. The summed E-state index contributed by atoms with van der Waals surface area (Å²) in [5, 5.41) is 10.9. The van der Waals surface area contributed by atoms with Crippen LogP contribution in [0.3, 0.4) is 0 Å². The van der Waals surface area contributed by atoms with Gasteiger partial charge in [0.2, 0.25) is 0 Å². The zero-order valence-corrected chi connectivity index (χ0v) is 6.46. The van der Waals surface area contributed by atoms with Crippen LogP contribution in [-0.2, 0) is 0 Å². The van der Waals surface area contributed by atoms with E-state index >= 15 is 0 Å². The number of aliphatic hydroxyl groups is 1. The van der Waals surface area contributed by atoms with Crippen molar-refractivity contribution in [3.63, 3.8) is 0 Å². The standard InChI is InChI=1S/C9H11NO/c1-3-9(11)6-8-4-5-10-7(8)2/h3-6,10-11H,2H2,1H3/b8-6-,9-3+. The Bertz CT molecular complexity index is 359. The Balaban J connectivity index is 3.21. The molecular formula is C9H11NO. The van der Waals surface area contributed by atoms with Crippen LogP contribution in [0.1, 0.15) is 6.92 Å². The van der Waals surface area contributed by atoms with E-state index in [1.165, 1.54) is 0 Å². The monoisotopic (exact) mass is 149 g/mol. The van der Waals surface area contributed by atoms with Crippen molar-refractivity contribution in [3.05, 3.63) is 34.7 Å². The molecule has 0 spiro atoms. The van der Waals surface area contributed by atoms with Crippen LogP contribution >= 0.6 is 0 Å². The maximum Gasteiger partial charge on any atom is 0.111 e. The number of hydrogen-bond donors (Lipinski definition) is 2. The van der Waals surface area contributed by atoms with Crippen molar-refractivity contribution in [1.29, 1.82) is 0 Å². The molecule has 2 N–H and O–H groups in total. The molecule has 58 valence electrons. The summed E-state index contributed by atoms with van der Waals surface area (Å²) in [5.41, 5.74) is 0. The molecule has 0 aromatic carbocycles. The highest BCUT2D eigenvalue weighted by atomic mass is 16.3. The number of aromatic nitrogens is 1. The van der Waals surface area contributed by atoms with Gasteiger partial charge in [0.15, 0.2) is 0 Å². The van der Waals surface area contributed by atoms with Gasteiger partial charge in [0, 0.05) is 16.8 Å². The number of H-pyrrole nitrogens is 1. The van der Waals surface area contributed by atoms with Gasteiger partial charge in [-0.05, 0) is 25.1 Å². The predicted octanol–water partition coefficient (Wildman–Crippen LogP) is 0.667. The molecular weight excluding hydrogens is 138 g/mol. The first-order valence-corrected chi connectivity index (χ1v) is 3.43. The van der Waals surface area contributed by atoms with Crippen LogP contribution in [-0.4, -0.2) is 10.1 Å². The molecule has 2 nitrogen and oxygen atoms in total. The summed E-state index contributed by atoms with van der Waals surface area (Å²) in [6, 6.07) is 1.86. The quantitative estimate of drug-likeness (QED) is 0.565. The molecule has 0 aliphatic carbocycles. The summed E-state index contributed by atoms with van der Waals surface area (Å²) in [4.78, 5) is 2.92. The fraction of sp³-hybridized carbons (Fsp3) is 0.111. The number of nitrogens with one attached hydrogen (secondary N) is 1. The van der Waals surface area contributed by atoms with Gasteiger partial charge in [0.1, 0.15) is 5.76 Å². The topological polar surface area (TPSA) is 36.0 Å². The van der Waals surface area contributed by atoms with E-state index in [9.17, 15) is 0 Å². The minimum absolute atomic E-state index is 0.259. The highest BCUT2D eigenvalue weighted by Crippen LogP contribution is 1.85. The third-order valence-corrected chi connectivity index (χ3v) is 1.47. The van der Waals surface area contributed by atoms with Gasteiger partial charge >= 0.3 is 0 Å². The van der Waals surface area contributed by atoms with E-state index in [0.717, 1.165) is 10.6 Å². The van der Waals surface area contributed by atoms with Gasteiger partial charge in [-0.2, -0.15) is 0 Å². The Morgan fingerprint density at radius 2 is 2.45 bits per heavy atom. The average molecular weight is 149 g/mol. The van der Waals surface area contributed by atoms with Gasteiger partial charge in [0.25, 0.3) is 0 Å². The number of aliphatic hydroxyl groups excluding tert-OH is 1. The molecule has 0 unspecified atom stereocenters. The lowest BCUT2D eigenvalue weighted by Gasteiger charge is -1.84. The Morgan fingerprint density at radius 1 is 1.73 bits per heavy atom. The molecule has 0 amide bonds. The highest BCUT2D eigenvalue weighted by molar-refractivity contribution is 5.41. The van der Waals surface area contributed by atoms with E-state index in [-0.39, 0.29) is 5.76 Å². The van der Waals surface area contributed by atoms with Gasteiger partial charge in [-0.3, -0.25) is 0 Å². The number of hydrogen-bond acceptors (Lipinski definition) is 1. The van der Waals surface area contributed by atoms with Gasteiger partial charge < -0.3 is 10.1 Å². The summed E-state index contributed by atoms with van der Waals surface area (Å²) in [6.07, 6.45) is 5.09. The zero-order valence-electron chi connectivity index (χ0n) is 6.46. The molecule has 0 bridgehead atoms. The summed E-state index contributed by atoms with van der Waals surface area (Å²) < 4.78 is 0. The van der Waals surface area contributed by atoms with Crippen LogP contribution in [0.4, 0.5) is 0 Å². The first kappa shape index (κ1) is 7.66. The lowest BCUT2D eigenvalue weighted by Crippen LogP contribution is -2.19. The van der Waals surface area contributed by atoms with Crippen LogP contribution in [0.5, 0.6) is 0 Å². The van der Waals surface area contributed by atoms with Crippen molar-refractivity contribution in [3.8, 4) is 0 Å². The molecule has 0 saturated carbocycles. The fourth-order valence-corrected chi connectivity index (χ4v) is 0.794. The third-order valence-electron chi connectivity index (χ3n) is 1.47. The molecule has 1 aromatic heterocycles. The molecule has 1 rings (SSSR count). The smallest absolute Gasteiger partial charge is 0.111 e. The van der Waals surface area contributed by atoms with Crippen molar-refractivity contribution in [2.45, 2.75) is 6.92 Å². The Morgan fingerprint density at radius 3 is 2.91 bits per heavy atom. The fourth-order valence-electron chi connectivity index (χ4n) is 0.794. The summed E-state index contributed by atoms with van der Waals surface area (Å²) in [5.74, 6) is 0.259. The Kier molecular flexibility index (Phi) is 2.16. The zero-order chi connectivity index (χ0) is 8.27. The van der Waals surface area contributed by atoms with Crippen LogP contribution in [0.15, 0.2) is 24.1 Å². The summed E-state index contributed by atoms with van der Waals surface area (Å²) >= 11 is 0. The SMILES string of the molecule is C=c1[nH]cc/c1=C/C(O)=C\C. The van der Waals surface area contributed by atoms with Crippen molar-refractivity contribution < 1.29 is 5.11 Å². The summed E-state index contributed by atoms with van der Waals surface area (Å²) in [6.45, 7) is 5.52. The average Bonchev–Trinajstić information content (AvgIpc) is 2.37. The van der Waals surface area contributed by atoms with E-state index in [1.807, 2.05) is 6.07 Å². The van der Waals surface area contributed by atoms with Crippen LogP contribution in [0.2, 0.25) is 0 Å².